The lowest BCUT2D eigenvalue weighted by atomic mass is 9.85. The van der Waals surface area contributed by atoms with E-state index in [0.29, 0.717) is 5.02 Å². The lowest BCUT2D eigenvalue weighted by Crippen LogP contribution is -2.31. The van der Waals surface area contributed by atoms with E-state index >= 15 is 0 Å². The average molecular weight is 380 g/mol. The van der Waals surface area contributed by atoms with Crippen molar-refractivity contribution in [2.24, 2.45) is 5.41 Å². The number of alkyl halides is 1. The Morgan fingerprint density at radius 3 is 2.25 bits per heavy atom. The number of halogens is 2. The van der Waals surface area contributed by atoms with Crippen molar-refractivity contribution in [3.8, 4) is 0 Å². The Morgan fingerprint density at radius 1 is 1.10 bits per heavy atom. The van der Waals surface area contributed by atoms with Gasteiger partial charge in [0.25, 0.3) is 0 Å². The van der Waals surface area contributed by atoms with Crippen molar-refractivity contribution < 1.29 is 8.42 Å². The SMILES string of the molecule is O=S(=O)(CC1(CBr)CCCCCC1)c1ccccc1Cl. The molecule has 0 bridgehead atoms. The molecule has 0 atom stereocenters. The highest BCUT2D eigenvalue weighted by atomic mass is 79.9. The molecular weight excluding hydrogens is 360 g/mol. The standard InChI is InChI=1S/C15H20BrClO2S/c16-11-15(9-5-1-2-6-10-15)12-20(18,19)14-8-4-3-7-13(14)17/h3-4,7-8H,1-2,5-6,9-12H2. The maximum Gasteiger partial charge on any atom is 0.180 e. The molecule has 0 spiro atoms. The topological polar surface area (TPSA) is 34.1 Å². The molecule has 1 saturated carbocycles. The Bertz CT molecular complexity index is 549. The van der Waals surface area contributed by atoms with E-state index in [4.69, 9.17) is 11.6 Å². The van der Waals surface area contributed by atoms with Crippen LogP contribution in [0.3, 0.4) is 0 Å². The van der Waals surface area contributed by atoms with E-state index in [-0.39, 0.29) is 16.1 Å². The normalized spacial score (nSPS) is 19.5. The summed E-state index contributed by atoms with van der Waals surface area (Å²) in [6, 6.07) is 6.73. The summed E-state index contributed by atoms with van der Waals surface area (Å²) in [5.41, 5.74) is -0.144. The predicted octanol–water partition coefficient (Wildman–Crippen LogP) is 4.85. The van der Waals surface area contributed by atoms with Gasteiger partial charge in [0.2, 0.25) is 0 Å². The van der Waals surface area contributed by atoms with Gasteiger partial charge < -0.3 is 0 Å². The minimum Gasteiger partial charge on any atom is -0.224 e. The van der Waals surface area contributed by atoms with Gasteiger partial charge in [-0.05, 0) is 30.4 Å². The number of hydrogen-bond donors (Lipinski definition) is 0. The van der Waals surface area contributed by atoms with Gasteiger partial charge in [-0.2, -0.15) is 0 Å². The molecule has 1 aromatic rings. The molecule has 0 heterocycles. The number of hydrogen-bond acceptors (Lipinski definition) is 2. The largest absolute Gasteiger partial charge is 0.224 e. The van der Waals surface area contributed by atoms with Crippen LogP contribution in [0.15, 0.2) is 29.2 Å². The third-order valence-corrected chi connectivity index (χ3v) is 7.77. The van der Waals surface area contributed by atoms with E-state index in [1.807, 2.05) is 0 Å². The van der Waals surface area contributed by atoms with Crippen LogP contribution in [0.25, 0.3) is 0 Å². The number of benzene rings is 1. The first kappa shape index (κ1) is 16.3. The molecule has 0 N–H and O–H groups in total. The molecule has 0 unspecified atom stereocenters. The maximum absolute atomic E-state index is 12.7. The van der Waals surface area contributed by atoms with E-state index in [0.717, 1.165) is 31.0 Å². The first-order chi connectivity index (χ1) is 9.49. The Morgan fingerprint density at radius 2 is 1.70 bits per heavy atom. The lowest BCUT2D eigenvalue weighted by molar-refractivity contribution is 0.327. The maximum atomic E-state index is 12.7. The van der Waals surface area contributed by atoms with Gasteiger partial charge >= 0.3 is 0 Å². The van der Waals surface area contributed by atoms with Gasteiger partial charge in [-0.1, -0.05) is 65.3 Å². The smallest absolute Gasteiger partial charge is 0.180 e. The Kier molecular flexibility index (Phi) is 5.55. The van der Waals surface area contributed by atoms with Gasteiger partial charge in [0, 0.05) is 5.33 Å². The molecule has 5 heteroatoms. The third kappa shape index (κ3) is 3.77. The second-order valence-electron chi connectivity index (χ2n) is 5.74. The molecule has 2 rings (SSSR count). The fourth-order valence-corrected chi connectivity index (χ4v) is 6.49. The Hall–Kier alpha value is -0.0600. The quantitative estimate of drug-likeness (QED) is 0.553. The van der Waals surface area contributed by atoms with E-state index in [2.05, 4.69) is 15.9 Å². The van der Waals surface area contributed by atoms with Crippen LogP contribution < -0.4 is 0 Å². The molecular formula is C15H20BrClO2S. The number of sulfone groups is 1. The predicted molar refractivity (Wildman–Crippen MR) is 87.4 cm³/mol. The molecule has 1 aliphatic carbocycles. The molecule has 1 aromatic carbocycles. The van der Waals surface area contributed by atoms with Crippen LogP contribution in [0.2, 0.25) is 5.02 Å². The van der Waals surface area contributed by atoms with Crippen LogP contribution in [0, 0.1) is 5.41 Å². The Balaban J connectivity index is 2.28. The van der Waals surface area contributed by atoms with Gasteiger partial charge in [0.1, 0.15) is 0 Å². The fourth-order valence-electron chi connectivity index (χ4n) is 2.97. The summed E-state index contributed by atoms with van der Waals surface area (Å²) in [6.07, 6.45) is 6.60. The zero-order valence-electron chi connectivity index (χ0n) is 11.4. The molecule has 0 radical (unpaired) electrons. The molecule has 0 amide bonds. The summed E-state index contributed by atoms with van der Waals surface area (Å²) in [7, 11) is -3.34. The second-order valence-corrected chi connectivity index (χ2v) is 8.66. The van der Waals surface area contributed by atoms with Crippen LogP contribution in [-0.2, 0) is 9.84 Å². The molecule has 20 heavy (non-hydrogen) atoms. The molecule has 0 aromatic heterocycles. The van der Waals surface area contributed by atoms with E-state index < -0.39 is 9.84 Å². The molecule has 0 saturated heterocycles. The molecule has 1 fully saturated rings. The highest BCUT2D eigenvalue weighted by molar-refractivity contribution is 9.09. The zero-order chi connectivity index (χ0) is 14.6. The van der Waals surface area contributed by atoms with E-state index in [1.54, 1.807) is 24.3 Å². The monoisotopic (exact) mass is 378 g/mol. The highest BCUT2D eigenvalue weighted by Crippen LogP contribution is 2.39. The average Bonchev–Trinajstić information content (AvgIpc) is 2.64. The summed E-state index contributed by atoms with van der Waals surface area (Å²) in [6.45, 7) is 0. The molecule has 112 valence electrons. The van der Waals surface area contributed by atoms with Crippen molar-refractivity contribution in [1.82, 2.24) is 0 Å². The summed E-state index contributed by atoms with van der Waals surface area (Å²) in [5, 5.41) is 1.06. The van der Waals surface area contributed by atoms with Gasteiger partial charge in [0.05, 0.1) is 15.7 Å². The number of rotatable bonds is 4. The third-order valence-electron chi connectivity index (χ3n) is 4.12. The van der Waals surface area contributed by atoms with Crippen molar-refractivity contribution in [3.63, 3.8) is 0 Å². The van der Waals surface area contributed by atoms with Crippen LogP contribution in [-0.4, -0.2) is 19.5 Å². The summed E-state index contributed by atoms with van der Waals surface area (Å²) >= 11 is 9.61. The summed E-state index contributed by atoms with van der Waals surface area (Å²) in [5.74, 6) is 0.189. The van der Waals surface area contributed by atoms with Crippen LogP contribution >= 0.6 is 27.5 Å². The van der Waals surface area contributed by atoms with Crippen molar-refractivity contribution >= 4 is 37.4 Å². The first-order valence-electron chi connectivity index (χ1n) is 7.02. The minimum atomic E-state index is -3.34. The van der Waals surface area contributed by atoms with Crippen molar-refractivity contribution in [3.05, 3.63) is 29.3 Å². The molecule has 1 aliphatic rings. The second kappa shape index (κ2) is 6.80. The van der Waals surface area contributed by atoms with Crippen LogP contribution in [0.4, 0.5) is 0 Å². The molecule has 0 aliphatic heterocycles. The van der Waals surface area contributed by atoms with E-state index in [1.165, 1.54) is 12.8 Å². The lowest BCUT2D eigenvalue weighted by Gasteiger charge is -2.30. The van der Waals surface area contributed by atoms with Crippen molar-refractivity contribution in [2.75, 3.05) is 11.1 Å². The van der Waals surface area contributed by atoms with Crippen LogP contribution in [0.1, 0.15) is 38.5 Å². The van der Waals surface area contributed by atoms with Gasteiger partial charge in [-0.3, -0.25) is 0 Å². The van der Waals surface area contributed by atoms with Crippen molar-refractivity contribution in [1.29, 1.82) is 0 Å². The Labute approximate surface area is 135 Å². The van der Waals surface area contributed by atoms with Gasteiger partial charge in [0.15, 0.2) is 9.84 Å². The fraction of sp³-hybridized carbons (Fsp3) is 0.600. The van der Waals surface area contributed by atoms with E-state index in [9.17, 15) is 8.42 Å². The highest BCUT2D eigenvalue weighted by Gasteiger charge is 2.36. The van der Waals surface area contributed by atoms with Gasteiger partial charge in [-0.25, -0.2) is 8.42 Å². The first-order valence-corrected chi connectivity index (χ1v) is 10.2. The summed E-state index contributed by atoms with van der Waals surface area (Å²) < 4.78 is 25.4. The zero-order valence-corrected chi connectivity index (χ0v) is 14.6. The van der Waals surface area contributed by atoms with Gasteiger partial charge in [-0.15, -0.1) is 0 Å². The van der Waals surface area contributed by atoms with Crippen LogP contribution in [0.5, 0.6) is 0 Å². The summed E-state index contributed by atoms with van der Waals surface area (Å²) in [4.78, 5) is 0.270. The van der Waals surface area contributed by atoms with Crippen molar-refractivity contribution in [2.45, 2.75) is 43.4 Å². The molecule has 2 nitrogen and oxygen atoms in total. The minimum absolute atomic E-state index is 0.144.